The number of fused-ring (bicyclic) bond motifs is 3. The molecule has 7 N–H and O–H groups in total. The van der Waals surface area contributed by atoms with Crippen molar-refractivity contribution in [2.75, 3.05) is 14.1 Å². The van der Waals surface area contributed by atoms with Gasteiger partial charge in [-0.1, -0.05) is 19.1 Å². The van der Waals surface area contributed by atoms with Gasteiger partial charge in [-0.25, -0.2) is 0 Å². The highest BCUT2D eigenvalue weighted by Crippen LogP contribution is 2.55. The number of hydrogen-bond acceptors (Lipinski definition) is 9. The zero-order valence-corrected chi connectivity index (χ0v) is 17.6. The predicted molar refractivity (Wildman–Crippen MR) is 110 cm³/mol. The summed E-state index contributed by atoms with van der Waals surface area (Å²) >= 11 is 0. The van der Waals surface area contributed by atoms with Crippen LogP contribution in [-0.2, 0) is 9.59 Å². The first-order valence-corrected chi connectivity index (χ1v) is 10.0. The maximum atomic E-state index is 13.3. The summed E-state index contributed by atoms with van der Waals surface area (Å²) in [6.07, 6.45) is -1.59. The zero-order chi connectivity index (χ0) is 23.9. The first-order valence-electron chi connectivity index (χ1n) is 10.0. The van der Waals surface area contributed by atoms with Crippen LogP contribution in [0.2, 0.25) is 0 Å². The van der Waals surface area contributed by atoms with Crippen LogP contribution in [0.1, 0.15) is 28.8 Å². The summed E-state index contributed by atoms with van der Waals surface area (Å²) < 4.78 is 0. The molecule has 0 bridgehead atoms. The number of amides is 1. The Morgan fingerprint density at radius 2 is 1.78 bits per heavy atom. The second-order valence-electron chi connectivity index (χ2n) is 8.79. The fraction of sp³-hybridized carbons (Fsp3) is 0.409. The first kappa shape index (κ1) is 22.0. The van der Waals surface area contributed by atoms with Gasteiger partial charge in [0.2, 0.25) is 5.78 Å². The van der Waals surface area contributed by atoms with Gasteiger partial charge < -0.3 is 31.3 Å². The molecule has 0 radical (unpaired) electrons. The lowest BCUT2D eigenvalue weighted by Crippen LogP contribution is -2.68. The molecular weight excluding hydrogens is 420 g/mol. The van der Waals surface area contributed by atoms with Gasteiger partial charge in [-0.05, 0) is 31.6 Å². The molecule has 3 aliphatic carbocycles. The molecule has 0 aromatic heterocycles. The first-order chi connectivity index (χ1) is 14.9. The maximum absolute atomic E-state index is 13.3. The van der Waals surface area contributed by atoms with Crippen molar-refractivity contribution in [1.82, 2.24) is 4.90 Å². The number of nitrogens with zero attached hydrogens (tertiary/aromatic N) is 1. The maximum Gasteiger partial charge on any atom is 0.255 e. The van der Waals surface area contributed by atoms with Crippen LogP contribution in [0, 0.1) is 11.8 Å². The number of likely N-dealkylation sites (N-methyl/N-ethyl adjacent to an activating group) is 1. The van der Waals surface area contributed by atoms with Crippen LogP contribution in [0.25, 0.3) is 0 Å². The molecule has 1 aromatic carbocycles. The van der Waals surface area contributed by atoms with E-state index in [2.05, 4.69) is 0 Å². The van der Waals surface area contributed by atoms with E-state index in [1.165, 1.54) is 25.1 Å². The number of aromatic hydroxyl groups is 1. The van der Waals surface area contributed by atoms with Crippen LogP contribution in [0.3, 0.4) is 0 Å². The molecule has 3 unspecified atom stereocenters. The Kier molecular flexibility index (Phi) is 4.74. The van der Waals surface area contributed by atoms with Crippen LogP contribution >= 0.6 is 0 Å². The molecule has 0 fully saturated rings. The molecule has 10 heteroatoms. The molecule has 0 saturated heterocycles. The van der Waals surface area contributed by atoms with E-state index in [0.717, 1.165) is 0 Å². The summed E-state index contributed by atoms with van der Waals surface area (Å²) in [5, 5.41) is 55.0. The molecule has 32 heavy (non-hydrogen) atoms. The third kappa shape index (κ3) is 2.48. The Bertz CT molecular complexity index is 1140. The Labute approximate surface area is 182 Å². The minimum Gasteiger partial charge on any atom is -0.510 e. The van der Waals surface area contributed by atoms with Gasteiger partial charge in [-0.2, -0.15) is 0 Å². The number of ketones is 2. The number of benzene rings is 1. The van der Waals surface area contributed by atoms with Gasteiger partial charge in [0.1, 0.15) is 22.8 Å². The smallest absolute Gasteiger partial charge is 0.255 e. The Morgan fingerprint density at radius 1 is 1.16 bits per heavy atom. The number of nitrogens with two attached hydrogens (primary N) is 1. The standard InChI is InChI=1S/C22H24N2O8/c1-7-8-5-4-6-9(25)11(8)16(26)12-10(7)17(27)14-15(24(2)3)18(28)13(21(23)31)20(30)22(14,32)19(12)29/h4-7,10,14-15,17,25,27-29,32H,1-3H3,(H2,23,31)/t7-,10?,14?,15-,17?,22-/m0/s1. The molecule has 170 valence electrons. The monoisotopic (exact) mass is 444 g/mol. The molecule has 1 aromatic rings. The van der Waals surface area contributed by atoms with E-state index in [4.69, 9.17) is 5.73 Å². The second-order valence-corrected chi connectivity index (χ2v) is 8.79. The third-order valence-corrected chi connectivity index (χ3v) is 7.00. The Hall–Kier alpha value is -3.21. The van der Waals surface area contributed by atoms with E-state index in [1.54, 1.807) is 19.1 Å². The number of rotatable bonds is 2. The van der Waals surface area contributed by atoms with Gasteiger partial charge in [0, 0.05) is 11.5 Å². The predicted octanol–water partition coefficient (Wildman–Crippen LogP) is -0.348. The fourth-order valence-corrected chi connectivity index (χ4v) is 5.58. The number of carbonyl (C=O) groups excluding carboxylic acids is 3. The lowest BCUT2D eigenvalue weighted by atomic mass is 9.55. The minimum atomic E-state index is -2.89. The van der Waals surface area contributed by atoms with E-state index in [-0.39, 0.29) is 11.3 Å². The highest BCUT2D eigenvalue weighted by molar-refractivity contribution is 6.25. The summed E-state index contributed by atoms with van der Waals surface area (Å²) in [6.45, 7) is 1.68. The summed E-state index contributed by atoms with van der Waals surface area (Å²) in [4.78, 5) is 39.8. The van der Waals surface area contributed by atoms with Gasteiger partial charge in [0.15, 0.2) is 11.4 Å². The molecule has 1 amide bonds. The molecule has 0 heterocycles. The second kappa shape index (κ2) is 6.89. The fourth-order valence-electron chi connectivity index (χ4n) is 5.58. The zero-order valence-electron chi connectivity index (χ0n) is 17.6. The summed E-state index contributed by atoms with van der Waals surface area (Å²) in [7, 11) is 2.98. The molecule has 3 aliphatic rings. The summed E-state index contributed by atoms with van der Waals surface area (Å²) in [5.41, 5.74) is 1.36. The van der Waals surface area contributed by atoms with Crippen LogP contribution in [0.5, 0.6) is 5.75 Å². The van der Waals surface area contributed by atoms with Gasteiger partial charge in [-0.3, -0.25) is 19.3 Å². The number of phenolic OH excluding ortho intramolecular Hbond substituents is 1. The number of aliphatic hydroxyl groups excluding tert-OH is 3. The van der Waals surface area contributed by atoms with Crippen molar-refractivity contribution in [2.24, 2.45) is 17.6 Å². The van der Waals surface area contributed by atoms with Crippen molar-refractivity contribution >= 4 is 17.5 Å². The van der Waals surface area contributed by atoms with E-state index in [9.17, 15) is 39.9 Å². The highest BCUT2D eigenvalue weighted by atomic mass is 16.4. The third-order valence-electron chi connectivity index (χ3n) is 7.00. The molecule has 6 atom stereocenters. The number of hydrogen-bond donors (Lipinski definition) is 6. The normalized spacial score (nSPS) is 34.4. The van der Waals surface area contributed by atoms with E-state index in [1.807, 2.05) is 0 Å². The van der Waals surface area contributed by atoms with Crippen LogP contribution in [0.4, 0.5) is 0 Å². The largest absolute Gasteiger partial charge is 0.510 e. The minimum absolute atomic E-state index is 0.104. The number of aliphatic hydroxyl groups is 4. The van der Waals surface area contributed by atoms with Crippen molar-refractivity contribution in [2.45, 2.75) is 30.6 Å². The molecule has 0 saturated carbocycles. The van der Waals surface area contributed by atoms with E-state index >= 15 is 0 Å². The molecule has 0 spiro atoms. The van der Waals surface area contributed by atoms with E-state index < -0.39 is 75.6 Å². The van der Waals surface area contributed by atoms with Crippen molar-refractivity contribution < 1.29 is 39.9 Å². The van der Waals surface area contributed by atoms with Gasteiger partial charge in [0.05, 0.1) is 23.6 Å². The van der Waals surface area contributed by atoms with Crippen LogP contribution in [-0.4, -0.2) is 79.7 Å². The topological polar surface area (TPSA) is 182 Å². The van der Waals surface area contributed by atoms with Gasteiger partial charge in [0.25, 0.3) is 5.91 Å². The van der Waals surface area contributed by atoms with Crippen LogP contribution < -0.4 is 5.73 Å². The average molecular weight is 444 g/mol. The lowest BCUT2D eigenvalue weighted by molar-refractivity contribution is -0.162. The molecule has 10 nitrogen and oxygen atoms in total. The Balaban J connectivity index is 2.06. The molecule has 0 aliphatic heterocycles. The van der Waals surface area contributed by atoms with Gasteiger partial charge in [-0.15, -0.1) is 0 Å². The molecule has 4 rings (SSSR count). The number of phenols is 1. The number of Topliss-reactive ketones (excluding diaryl/α,β-unsaturated/α-hetero) is 2. The number of carbonyl (C=O) groups is 3. The van der Waals surface area contributed by atoms with Crippen molar-refractivity contribution in [3.63, 3.8) is 0 Å². The van der Waals surface area contributed by atoms with Crippen molar-refractivity contribution in [3.05, 3.63) is 52.0 Å². The number of primary amides is 1. The quantitative estimate of drug-likeness (QED) is 0.332. The summed E-state index contributed by atoms with van der Waals surface area (Å²) in [6, 6.07) is 3.17. The lowest BCUT2D eigenvalue weighted by Gasteiger charge is -2.53. The molecular formula is C22H24N2O8. The van der Waals surface area contributed by atoms with Gasteiger partial charge >= 0.3 is 0 Å². The van der Waals surface area contributed by atoms with Crippen molar-refractivity contribution in [3.8, 4) is 5.75 Å². The Morgan fingerprint density at radius 3 is 2.34 bits per heavy atom. The van der Waals surface area contributed by atoms with Crippen LogP contribution in [0.15, 0.2) is 40.9 Å². The van der Waals surface area contributed by atoms with Crippen molar-refractivity contribution in [1.29, 1.82) is 0 Å². The summed E-state index contributed by atoms with van der Waals surface area (Å²) in [5.74, 6) is -8.86. The van der Waals surface area contributed by atoms with E-state index in [0.29, 0.717) is 5.56 Å². The highest BCUT2D eigenvalue weighted by Gasteiger charge is 2.67. The SMILES string of the molecule is C[C@H]1c2cccc(O)c2C(=O)C2=C(O)[C@]3(O)C(=O)C(C(N)=O)=C(O)[C@@H](N(C)C)C3C(O)C21. The average Bonchev–Trinajstić information content (AvgIpc) is 2.70.